The van der Waals surface area contributed by atoms with Crippen molar-refractivity contribution >= 4 is 5.97 Å². The molecule has 0 saturated heterocycles. The summed E-state index contributed by atoms with van der Waals surface area (Å²) < 4.78 is 5.57. The molecule has 1 aromatic carbocycles. The summed E-state index contributed by atoms with van der Waals surface area (Å²) in [6.07, 6.45) is 6.98. The molecule has 0 aliphatic rings. The summed E-state index contributed by atoms with van der Waals surface area (Å²) in [6, 6.07) is 9.40. The fourth-order valence-corrected chi connectivity index (χ4v) is 2.34. The van der Waals surface area contributed by atoms with E-state index in [1.54, 1.807) is 12.3 Å². The minimum Gasteiger partial charge on any atom is -0.426 e. The van der Waals surface area contributed by atoms with E-state index in [1.807, 2.05) is 38.1 Å². The molecule has 0 amide bonds. The predicted molar refractivity (Wildman–Crippen MR) is 95.8 cm³/mol. The van der Waals surface area contributed by atoms with Crippen molar-refractivity contribution in [2.45, 2.75) is 52.9 Å². The van der Waals surface area contributed by atoms with Crippen molar-refractivity contribution in [2.24, 2.45) is 5.92 Å². The monoisotopic (exact) mass is 326 g/mol. The second-order valence-corrected chi connectivity index (χ2v) is 6.06. The zero-order chi connectivity index (χ0) is 17.4. The Bertz CT molecular complexity index is 670. The van der Waals surface area contributed by atoms with Crippen LogP contribution in [-0.2, 0) is 11.2 Å². The first kappa shape index (κ1) is 18.1. The van der Waals surface area contributed by atoms with Gasteiger partial charge < -0.3 is 4.74 Å². The van der Waals surface area contributed by atoms with Crippen molar-refractivity contribution < 1.29 is 9.53 Å². The van der Waals surface area contributed by atoms with Crippen LogP contribution >= 0.6 is 0 Å². The fourth-order valence-electron chi connectivity index (χ4n) is 2.34. The van der Waals surface area contributed by atoms with E-state index in [1.165, 1.54) is 12.8 Å². The smallest absolute Gasteiger partial charge is 0.314 e. The van der Waals surface area contributed by atoms with Crippen LogP contribution in [-0.4, -0.2) is 15.9 Å². The zero-order valence-electron chi connectivity index (χ0n) is 14.8. The third-order valence-corrected chi connectivity index (χ3v) is 4.10. The van der Waals surface area contributed by atoms with E-state index in [4.69, 9.17) is 4.74 Å². The van der Waals surface area contributed by atoms with E-state index in [0.29, 0.717) is 11.6 Å². The molecule has 2 aromatic rings. The highest BCUT2D eigenvalue weighted by Crippen LogP contribution is 2.28. The summed E-state index contributed by atoms with van der Waals surface area (Å²) in [5, 5.41) is 0. The molecule has 0 spiro atoms. The van der Waals surface area contributed by atoms with Gasteiger partial charge in [-0.2, -0.15) is 0 Å². The van der Waals surface area contributed by atoms with Crippen molar-refractivity contribution in [2.75, 3.05) is 0 Å². The number of hydrogen-bond acceptors (Lipinski definition) is 4. The molecule has 4 nitrogen and oxygen atoms in total. The van der Waals surface area contributed by atoms with Crippen LogP contribution in [0.3, 0.4) is 0 Å². The molecule has 0 aliphatic carbocycles. The van der Waals surface area contributed by atoms with E-state index < -0.39 is 0 Å². The summed E-state index contributed by atoms with van der Waals surface area (Å²) in [4.78, 5) is 21.1. The van der Waals surface area contributed by atoms with Crippen LogP contribution in [0.2, 0.25) is 0 Å². The average molecular weight is 326 g/mol. The quantitative estimate of drug-likeness (QED) is 0.396. The molecule has 2 rings (SSSR count). The summed E-state index contributed by atoms with van der Waals surface area (Å²) in [5.74, 6) is 0.786. The number of aromatic nitrogens is 2. The van der Waals surface area contributed by atoms with Gasteiger partial charge in [0.2, 0.25) is 0 Å². The summed E-state index contributed by atoms with van der Waals surface area (Å²) in [6.45, 7) is 6.03. The van der Waals surface area contributed by atoms with Crippen molar-refractivity contribution in [1.29, 1.82) is 0 Å². The molecule has 1 atom stereocenters. The van der Waals surface area contributed by atoms with Gasteiger partial charge in [-0.1, -0.05) is 45.7 Å². The maximum Gasteiger partial charge on any atom is 0.314 e. The Morgan fingerprint density at radius 1 is 1.17 bits per heavy atom. The third kappa shape index (κ3) is 4.88. The predicted octanol–water partition coefficient (Wildman–Crippen LogP) is 4.83. The number of nitrogens with zero attached hydrogens (tertiary/aromatic N) is 2. The van der Waals surface area contributed by atoms with E-state index >= 15 is 0 Å². The molecule has 1 aromatic heterocycles. The van der Waals surface area contributed by atoms with Gasteiger partial charge in [0.1, 0.15) is 5.75 Å². The first-order valence-electron chi connectivity index (χ1n) is 8.78. The lowest BCUT2D eigenvalue weighted by Gasteiger charge is -2.12. The van der Waals surface area contributed by atoms with Crippen molar-refractivity contribution in [3.63, 3.8) is 0 Å². The first-order chi connectivity index (χ1) is 11.7. The Morgan fingerprint density at radius 2 is 1.96 bits per heavy atom. The van der Waals surface area contributed by atoms with Gasteiger partial charge in [-0.15, -0.1) is 0 Å². The van der Waals surface area contributed by atoms with Crippen LogP contribution in [0.15, 0.2) is 36.5 Å². The molecule has 1 heterocycles. The van der Waals surface area contributed by atoms with Crippen LogP contribution in [0.4, 0.5) is 0 Å². The number of hydrogen-bond donors (Lipinski definition) is 0. The maximum absolute atomic E-state index is 12.1. The molecule has 128 valence electrons. The highest BCUT2D eigenvalue weighted by Gasteiger charge is 2.16. The lowest BCUT2D eigenvalue weighted by atomic mass is 10.1. The molecule has 0 aliphatic heterocycles. The molecular formula is C20H26N2O2. The largest absolute Gasteiger partial charge is 0.426 e. The van der Waals surface area contributed by atoms with Gasteiger partial charge >= 0.3 is 5.97 Å². The number of unbranched alkanes of at least 4 members (excludes halogenated alkanes) is 2. The fraction of sp³-hybridized carbons (Fsp3) is 0.450. The van der Waals surface area contributed by atoms with Crippen LogP contribution < -0.4 is 4.74 Å². The standard InChI is InChI=1S/C20H26N2O2/c1-4-6-7-10-16-13-14-21-19(22-16)17-11-8-9-12-18(17)24-20(23)15(3)5-2/h8-9,11-15H,4-7,10H2,1-3H3. The van der Waals surface area contributed by atoms with Crippen LogP contribution in [0.25, 0.3) is 11.4 Å². The highest BCUT2D eigenvalue weighted by molar-refractivity contribution is 5.77. The van der Waals surface area contributed by atoms with Gasteiger partial charge in [-0.3, -0.25) is 4.79 Å². The zero-order valence-corrected chi connectivity index (χ0v) is 14.8. The van der Waals surface area contributed by atoms with Gasteiger partial charge in [0.05, 0.1) is 11.5 Å². The highest BCUT2D eigenvalue weighted by atomic mass is 16.5. The van der Waals surface area contributed by atoms with Gasteiger partial charge in [-0.25, -0.2) is 9.97 Å². The van der Waals surface area contributed by atoms with Crippen molar-refractivity contribution in [3.05, 3.63) is 42.2 Å². The SMILES string of the molecule is CCCCCc1ccnc(-c2ccccc2OC(=O)C(C)CC)n1. The van der Waals surface area contributed by atoms with Crippen LogP contribution in [0.5, 0.6) is 5.75 Å². The Kier molecular flexibility index (Phi) is 6.91. The number of benzene rings is 1. The minimum atomic E-state index is -0.218. The second-order valence-electron chi connectivity index (χ2n) is 6.06. The Hall–Kier alpha value is -2.23. The van der Waals surface area contributed by atoms with E-state index in [-0.39, 0.29) is 11.9 Å². The first-order valence-corrected chi connectivity index (χ1v) is 8.78. The Balaban J connectivity index is 2.22. The molecule has 4 heteroatoms. The van der Waals surface area contributed by atoms with E-state index in [2.05, 4.69) is 16.9 Å². The van der Waals surface area contributed by atoms with E-state index in [0.717, 1.165) is 30.5 Å². The van der Waals surface area contributed by atoms with Crippen molar-refractivity contribution in [3.8, 4) is 17.1 Å². The number of ether oxygens (including phenoxy) is 1. The maximum atomic E-state index is 12.1. The number of esters is 1. The van der Waals surface area contributed by atoms with Crippen molar-refractivity contribution in [1.82, 2.24) is 9.97 Å². The molecule has 0 N–H and O–H groups in total. The van der Waals surface area contributed by atoms with Gasteiger partial charge in [-0.05, 0) is 37.5 Å². The molecule has 0 fully saturated rings. The van der Waals surface area contributed by atoms with E-state index in [9.17, 15) is 4.79 Å². The van der Waals surface area contributed by atoms with Gasteiger partial charge in [0, 0.05) is 11.9 Å². The lowest BCUT2D eigenvalue weighted by Crippen LogP contribution is -2.17. The molecule has 0 radical (unpaired) electrons. The van der Waals surface area contributed by atoms with Gasteiger partial charge in [0.25, 0.3) is 0 Å². The molecule has 24 heavy (non-hydrogen) atoms. The van der Waals surface area contributed by atoms with Gasteiger partial charge in [0.15, 0.2) is 5.82 Å². The molecule has 0 saturated carbocycles. The summed E-state index contributed by atoms with van der Waals surface area (Å²) in [5.41, 5.74) is 1.78. The molecule has 1 unspecified atom stereocenters. The number of rotatable bonds is 8. The number of carbonyl (C=O) groups is 1. The van der Waals surface area contributed by atoms with Crippen LogP contribution in [0, 0.1) is 5.92 Å². The lowest BCUT2D eigenvalue weighted by molar-refractivity contribution is -0.138. The van der Waals surface area contributed by atoms with Crippen LogP contribution in [0.1, 0.15) is 52.1 Å². The second kappa shape index (κ2) is 9.16. The number of aryl methyl sites for hydroxylation is 1. The normalized spacial score (nSPS) is 12.0. The number of carbonyl (C=O) groups excluding carboxylic acids is 1. The Morgan fingerprint density at radius 3 is 2.71 bits per heavy atom. The average Bonchev–Trinajstić information content (AvgIpc) is 2.62. The summed E-state index contributed by atoms with van der Waals surface area (Å²) >= 11 is 0. The Labute approximate surface area is 144 Å². The topological polar surface area (TPSA) is 52.1 Å². The number of para-hydroxylation sites is 1. The third-order valence-electron chi connectivity index (χ3n) is 4.10. The summed E-state index contributed by atoms with van der Waals surface area (Å²) in [7, 11) is 0. The molecular weight excluding hydrogens is 300 g/mol. The molecule has 0 bridgehead atoms. The minimum absolute atomic E-state index is 0.126.